The molecule has 1 amide bonds. The van der Waals surface area contributed by atoms with Gasteiger partial charge in [-0.1, -0.05) is 6.92 Å². The summed E-state index contributed by atoms with van der Waals surface area (Å²) >= 11 is 5.86. The molecule has 0 spiro atoms. The van der Waals surface area contributed by atoms with E-state index in [4.69, 9.17) is 16.0 Å². The summed E-state index contributed by atoms with van der Waals surface area (Å²) in [5, 5.41) is 2.68. The molecule has 1 rings (SSSR count). The maximum Gasteiger partial charge on any atom is 0.287 e. The normalized spacial score (nSPS) is 12.5. The Balaban J connectivity index is 2.43. The predicted molar refractivity (Wildman–Crippen MR) is 55.7 cm³/mol. The second kappa shape index (κ2) is 5.05. The van der Waals surface area contributed by atoms with Crippen LogP contribution in [0.5, 0.6) is 0 Å². The van der Waals surface area contributed by atoms with Gasteiger partial charge in [-0.2, -0.15) is 0 Å². The number of furan rings is 1. The van der Waals surface area contributed by atoms with E-state index in [9.17, 15) is 4.79 Å². The Morgan fingerprint density at radius 1 is 1.64 bits per heavy atom. The van der Waals surface area contributed by atoms with Gasteiger partial charge in [0.2, 0.25) is 0 Å². The van der Waals surface area contributed by atoms with Crippen LogP contribution in [0, 0.1) is 6.92 Å². The van der Waals surface area contributed by atoms with E-state index in [-0.39, 0.29) is 11.3 Å². The van der Waals surface area contributed by atoms with Crippen LogP contribution in [-0.4, -0.2) is 17.8 Å². The highest BCUT2D eigenvalue weighted by molar-refractivity contribution is 6.20. The van der Waals surface area contributed by atoms with Crippen LogP contribution in [0.25, 0.3) is 0 Å². The molecule has 0 saturated heterocycles. The van der Waals surface area contributed by atoms with Gasteiger partial charge in [0.1, 0.15) is 5.76 Å². The smallest absolute Gasteiger partial charge is 0.287 e. The summed E-state index contributed by atoms with van der Waals surface area (Å²) in [7, 11) is 0. The van der Waals surface area contributed by atoms with Gasteiger partial charge >= 0.3 is 0 Å². The molecule has 1 aromatic heterocycles. The van der Waals surface area contributed by atoms with Gasteiger partial charge in [0.15, 0.2) is 5.76 Å². The number of rotatable bonds is 4. The quantitative estimate of drug-likeness (QED) is 0.784. The Kier molecular flexibility index (Phi) is 4.01. The summed E-state index contributed by atoms with van der Waals surface area (Å²) in [6, 6.07) is 3.41. The largest absolute Gasteiger partial charge is 0.456 e. The fourth-order valence-corrected chi connectivity index (χ4v) is 1.07. The van der Waals surface area contributed by atoms with Gasteiger partial charge in [0.05, 0.1) is 5.38 Å². The first-order valence-electron chi connectivity index (χ1n) is 4.62. The summed E-state index contributed by atoms with van der Waals surface area (Å²) in [5.74, 6) is 0.854. The summed E-state index contributed by atoms with van der Waals surface area (Å²) in [4.78, 5) is 11.4. The van der Waals surface area contributed by atoms with Crippen molar-refractivity contribution < 1.29 is 9.21 Å². The fraction of sp³-hybridized carbons (Fsp3) is 0.500. The summed E-state index contributed by atoms with van der Waals surface area (Å²) in [5.41, 5.74) is 0. The van der Waals surface area contributed by atoms with Crippen molar-refractivity contribution in [3.63, 3.8) is 0 Å². The molecule has 0 aliphatic carbocycles. The molecule has 1 heterocycles. The standard InChI is InChI=1S/C10H14ClNO2/c1-3-8(11)6-12-10(13)9-5-4-7(2)14-9/h4-5,8H,3,6H2,1-2H3,(H,12,13). The van der Waals surface area contributed by atoms with E-state index in [0.29, 0.717) is 12.3 Å². The monoisotopic (exact) mass is 215 g/mol. The zero-order valence-corrected chi connectivity index (χ0v) is 9.10. The van der Waals surface area contributed by atoms with Crippen LogP contribution in [0.4, 0.5) is 0 Å². The molecule has 3 nitrogen and oxygen atoms in total. The molecule has 0 aliphatic rings. The predicted octanol–water partition coefficient (Wildman–Crippen LogP) is 2.34. The Bertz CT molecular complexity index is 309. The highest BCUT2D eigenvalue weighted by atomic mass is 35.5. The first kappa shape index (κ1) is 11.1. The van der Waals surface area contributed by atoms with Crippen LogP contribution < -0.4 is 5.32 Å². The molecule has 1 N–H and O–H groups in total. The minimum absolute atomic E-state index is 0.0185. The molecule has 14 heavy (non-hydrogen) atoms. The lowest BCUT2D eigenvalue weighted by atomic mass is 10.3. The van der Waals surface area contributed by atoms with Crippen molar-refractivity contribution in [3.05, 3.63) is 23.7 Å². The van der Waals surface area contributed by atoms with Gasteiger partial charge in [-0.15, -0.1) is 11.6 Å². The van der Waals surface area contributed by atoms with Crippen LogP contribution in [-0.2, 0) is 0 Å². The first-order valence-corrected chi connectivity index (χ1v) is 5.05. The van der Waals surface area contributed by atoms with Crippen molar-refractivity contribution in [1.82, 2.24) is 5.32 Å². The number of amides is 1. The lowest BCUT2D eigenvalue weighted by molar-refractivity contribution is 0.0924. The maximum atomic E-state index is 11.4. The molecule has 0 fully saturated rings. The number of halogens is 1. The molecule has 1 unspecified atom stereocenters. The van der Waals surface area contributed by atoms with Crippen LogP contribution in [0.1, 0.15) is 29.7 Å². The molecule has 0 aromatic carbocycles. The molecule has 4 heteroatoms. The van der Waals surface area contributed by atoms with Crippen LogP contribution in [0.15, 0.2) is 16.5 Å². The van der Waals surface area contributed by atoms with Crippen molar-refractivity contribution in [2.24, 2.45) is 0 Å². The average Bonchev–Trinajstić information content (AvgIpc) is 2.60. The van der Waals surface area contributed by atoms with Gasteiger partial charge in [-0.25, -0.2) is 0 Å². The Labute approximate surface area is 88.4 Å². The number of nitrogens with one attached hydrogen (secondary N) is 1. The minimum Gasteiger partial charge on any atom is -0.456 e. The van der Waals surface area contributed by atoms with Crippen molar-refractivity contribution in [3.8, 4) is 0 Å². The molecular weight excluding hydrogens is 202 g/mol. The molecule has 0 radical (unpaired) electrons. The molecule has 0 aliphatic heterocycles. The molecule has 78 valence electrons. The van der Waals surface area contributed by atoms with E-state index in [1.54, 1.807) is 19.1 Å². The number of carbonyl (C=O) groups is 1. The van der Waals surface area contributed by atoms with E-state index in [1.807, 2.05) is 6.92 Å². The Hall–Kier alpha value is -0.960. The van der Waals surface area contributed by atoms with Gasteiger partial charge in [0, 0.05) is 6.54 Å². The molecule has 1 aromatic rings. The third kappa shape index (κ3) is 3.07. The molecule has 1 atom stereocenters. The average molecular weight is 216 g/mol. The number of alkyl halides is 1. The van der Waals surface area contributed by atoms with E-state index in [0.717, 1.165) is 12.2 Å². The highest BCUT2D eigenvalue weighted by Gasteiger charge is 2.10. The topological polar surface area (TPSA) is 42.2 Å². The number of carbonyl (C=O) groups excluding carboxylic acids is 1. The lowest BCUT2D eigenvalue weighted by Gasteiger charge is -2.06. The zero-order chi connectivity index (χ0) is 10.6. The summed E-state index contributed by atoms with van der Waals surface area (Å²) < 4.78 is 5.16. The van der Waals surface area contributed by atoms with E-state index in [2.05, 4.69) is 5.32 Å². The first-order chi connectivity index (χ1) is 6.63. The highest BCUT2D eigenvalue weighted by Crippen LogP contribution is 2.06. The summed E-state index contributed by atoms with van der Waals surface area (Å²) in [6.45, 7) is 4.24. The van der Waals surface area contributed by atoms with Crippen LogP contribution in [0.3, 0.4) is 0 Å². The minimum atomic E-state index is -0.211. The zero-order valence-electron chi connectivity index (χ0n) is 8.34. The van der Waals surface area contributed by atoms with Gasteiger partial charge in [-0.3, -0.25) is 4.79 Å². The number of aryl methyl sites for hydroxylation is 1. The Morgan fingerprint density at radius 2 is 2.36 bits per heavy atom. The maximum absolute atomic E-state index is 11.4. The second-order valence-electron chi connectivity index (χ2n) is 3.13. The van der Waals surface area contributed by atoms with Crippen molar-refractivity contribution in [1.29, 1.82) is 0 Å². The third-order valence-corrected chi connectivity index (χ3v) is 2.35. The molecular formula is C10H14ClNO2. The lowest BCUT2D eigenvalue weighted by Crippen LogP contribution is -2.29. The fourth-order valence-electron chi connectivity index (χ4n) is 0.991. The van der Waals surface area contributed by atoms with Crippen molar-refractivity contribution in [2.75, 3.05) is 6.54 Å². The van der Waals surface area contributed by atoms with E-state index in [1.165, 1.54) is 0 Å². The van der Waals surface area contributed by atoms with Gasteiger partial charge in [0.25, 0.3) is 5.91 Å². The number of hydrogen-bond acceptors (Lipinski definition) is 2. The van der Waals surface area contributed by atoms with Gasteiger partial charge < -0.3 is 9.73 Å². The van der Waals surface area contributed by atoms with E-state index >= 15 is 0 Å². The molecule has 0 bridgehead atoms. The van der Waals surface area contributed by atoms with Crippen LogP contribution >= 0.6 is 11.6 Å². The van der Waals surface area contributed by atoms with Crippen molar-refractivity contribution in [2.45, 2.75) is 25.6 Å². The molecule has 0 saturated carbocycles. The number of hydrogen-bond donors (Lipinski definition) is 1. The third-order valence-electron chi connectivity index (χ3n) is 1.89. The van der Waals surface area contributed by atoms with Crippen molar-refractivity contribution >= 4 is 17.5 Å². The van der Waals surface area contributed by atoms with Gasteiger partial charge in [-0.05, 0) is 25.5 Å². The van der Waals surface area contributed by atoms with Crippen LogP contribution in [0.2, 0.25) is 0 Å². The Morgan fingerprint density at radius 3 is 2.86 bits per heavy atom. The van der Waals surface area contributed by atoms with E-state index < -0.39 is 0 Å². The SMILES string of the molecule is CCC(Cl)CNC(=O)c1ccc(C)o1. The second-order valence-corrected chi connectivity index (χ2v) is 3.74. The summed E-state index contributed by atoms with van der Waals surface area (Å²) in [6.07, 6.45) is 0.832.